The number of amides is 2. The van der Waals surface area contributed by atoms with Crippen LogP contribution in [-0.4, -0.2) is 30.9 Å². The molecule has 1 saturated carbocycles. The Hall–Kier alpha value is -1.75. The number of carbonyl (C=O) groups is 1. The molecule has 1 aliphatic carbocycles. The predicted octanol–water partition coefficient (Wildman–Crippen LogP) is 2.76. The van der Waals surface area contributed by atoms with Crippen molar-refractivity contribution in [1.29, 1.82) is 0 Å². The Morgan fingerprint density at radius 1 is 1.29 bits per heavy atom. The molecule has 0 bridgehead atoms. The Kier molecular flexibility index (Phi) is 5.87. The summed E-state index contributed by atoms with van der Waals surface area (Å²) >= 11 is 0. The van der Waals surface area contributed by atoms with Crippen LogP contribution in [0, 0.1) is 5.92 Å². The quantitative estimate of drug-likeness (QED) is 0.781. The van der Waals surface area contributed by atoms with Crippen LogP contribution < -0.4 is 15.4 Å². The molecule has 0 saturated heterocycles. The fourth-order valence-electron chi connectivity index (χ4n) is 2.73. The van der Waals surface area contributed by atoms with E-state index in [0.717, 1.165) is 18.6 Å². The Morgan fingerprint density at radius 2 is 1.95 bits per heavy atom. The van der Waals surface area contributed by atoms with Gasteiger partial charge in [0.05, 0.1) is 13.2 Å². The highest BCUT2D eigenvalue weighted by atomic mass is 16.5. The van der Waals surface area contributed by atoms with Crippen molar-refractivity contribution in [1.82, 2.24) is 5.32 Å². The van der Waals surface area contributed by atoms with Crippen molar-refractivity contribution in [3.05, 3.63) is 24.3 Å². The van der Waals surface area contributed by atoms with Gasteiger partial charge < -0.3 is 20.5 Å². The number of aliphatic hydroxyl groups is 1. The number of benzene rings is 1. The van der Waals surface area contributed by atoms with E-state index in [2.05, 4.69) is 10.6 Å². The van der Waals surface area contributed by atoms with Gasteiger partial charge in [-0.1, -0.05) is 19.3 Å². The first-order valence-corrected chi connectivity index (χ1v) is 7.56. The summed E-state index contributed by atoms with van der Waals surface area (Å²) < 4.78 is 5.06. The number of carbonyl (C=O) groups excluding carboxylic acids is 1. The molecular formula is C16H24N2O3. The Labute approximate surface area is 125 Å². The number of aliphatic hydroxyl groups excluding tert-OH is 1. The number of methoxy groups -OCH3 is 1. The third-order valence-electron chi connectivity index (χ3n) is 4.01. The lowest BCUT2D eigenvalue weighted by atomic mass is 9.85. The summed E-state index contributed by atoms with van der Waals surface area (Å²) in [5, 5.41) is 15.6. The van der Waals surface area contributed by atoms with Crippen molar-refractivity contribution in [2.24, 2.45) is 5.92 Å². The van der Waals surface area contributed by atoms with Crippen molar-refractivity contribution in [3.8, 4) is 5.75 Å². The molecule has 0 heterocycles. The molecule has 5 nitrogen and oxygen atoms in total. The topological polar surface area (TPSA) is 70.6 Å². The summed E-state index contributed by atoms with van der Waals surface area (Å²) in [7, 11) is 1.60. The van der Waals surface area contributed by atoms with E-state index in [4.69, 9.17) is 4.74 Å². The van der Waals surface area contributed by atoms with Crippen molar-refractivity contribution in [2.45, 2.75) is 38.2 Å². The molecule has 2 rings (SSSR count). The van der Waals surface area contributed by atoms with Gasteiger partial charge in [-0.15, -0.1) is 0 Å². The number of hydrogen-bond acceptors (Lipinski definition) is 3. The highest BCUT2D eigenvalue weighted by Crippen LogP contribution is 2.26. The van der Waals surface area contributed by atoms with Crippen LogP contribution >= 0.6 is 0 Å². The smallest absolute Gasteiger partial charge is 0.319 e. The van der Waals surface area contributed by atoms with E-state index in [1.165, 1.54) is 19.3 Å². The number of hydrogen-bond donors (Lipinski definition) is 3. The van der Waals surface area contributed by atoms with Crippen LogP contribution in [0.3, 0.4) is 0 Å². The summed E-state index contributed by atoms with van der Waals surface area (Å²) in [6, 6.07) is 6.82. The van der Waals surface area contributed by atoms with E-state index in [0.29, 0.717) is 18.2 Å². The molecule has 0 unspecified atom stereocenters. The van der Waals surface area contributed by atoms with E-state index in [1.54, 1.807) is 31.4 Å². The molecular weight excluding hydrogens is 268 g/mol. The molecule has 0 aliphatic heterocycles. The molecule has 1 fully saturated rings. The second-order valence-electron chi connectivity index (χ2n) is 5.53. The van der Waals surface area contributed by atoms with Crippen LogP contribution in [0.2, 0.25) is 0 Å². The minimum Gasteiger partial charge on any atom is -0.497 e. The van der Waals surface area contributed by atoms with Crippen LogP contribution in [0.1, 0.15) is 32.1 Å². The van der Waals surface area contributed by atoms with Crippen LogP contribution in [0.15, 0.2) is 24.3 Å². The van der Waals surface area contributed by atoms with E-state index < -0.39 is 6.10 Å². The van der Waals surface area contributed by atoms with Crippen molar-refractivity contribution >= 4 is 11.7 Å². The SMILES string of the molecule is COc1ccc(NC(=O)NC[C@@H](O)C2CCCCC2)cc1. The number of rotatable bonds is 5. The molecule has 5 heteroatoms. The molecule has 0 radical (unpaired) electrons. The third-order valence-corrected chi connectivity index (χ3v) is 4.01. The van der Waals surface area contributed by atoms with Gasteiger partial charge in [-0.3, -0.25) is 0 Å². The molecule has 1 aromatic rings. The Morgan fingerprint density at radius 3 is 2.57 bits per heavy atom. The highest BCUT2D eigenvalue weighted by Gasteiger charge is 2.21. The lowest BCUT2D eigenvalue weighted by Crippen LogP contribution is -2.39. The standard InChI is InChI=1S/C16H24N2O3/c1-21-14-9-7-13(8-10-14)18-16(20)17-11-15(19)12-5-3-2-4-6-12/h7-10,12,15,19H,2-6,11H2,1H3,(H2,17,18,20)/t15-/m1/s1. The molecule has 2 amide bonds. The molecule has 1 aliphatic rings. The number of ether oxygens (including phenoxy) is 1. The third kappa shape index (κ3) is 4.93. The zero-order valence-corrected chi connectivity index (χ0v) is 12.5. The maximum Gasteiger partial charge on any atom is 0.319 e. The summed E-state index contributed by atoms with van der Waals surface area (Å²) in [4.78, 5) is 11.8. The lowest BCUT2D eigenvalue weighted by Gasteiger charge is -2.26. The maximum absolute atomic E-state index is 11.8. The van der Waals surface area contributed by atoms with Crippen LogP contribution in [0.4, 0.5) is 10.5 Å². The first-order valence-electron chi connectivity index (χ1n) is 7.56. The summed E-state index contributed by atoms with van der Waals surface area (Å²) in [5.74, 6) is 1.06. The fraction of sp³-hybridized carbons (Fsp3) is 0.562. The number of urea groups is 1. The molecule has 0 aromatic heterocycles. The van der Waals surface area contributed by atoms with Crippen molar-refractivity contribution in [2.75, 3.05) is 19.0 Å². The number of anilines is 1. The highest BCUT2D eigenvalue weighted by molar-refractivity contribution is 5.89. The van der Waals surface area contributed by atoms with E-state index >= 15 is 0 Å². The van der Waals surface area contributed by atoms with Gasteiger partial charge in [0.25, 0.3) is 0 Å². The van der Waals surface area contributed by atoms with Crippen LogP contribution in [0.25, 0.3) is 0 Å². The zero-order valence-electron chi connectivity index (χ0n) is 12.5. The molecule has 1 atom stereocenters. The first kappa shape index (κ1) is 15.6. The molecule has 21 heavy (non-hydrogen) atoms. The summed E-state index contributed by atoms with van der Waals surface area (Å²) in [6.45, 7) is 0.298. The summed E-state index contributed by atoms with van der Waals surface area (Å²) in [5.41, 5.74) is 0.695. The van der Waals surface area contributed by atoms with Crippen LogP contribution in [0.5, 0.6) is 5.75 Å². The van der Waals surface area contributed by atoms with Gasteiger partial charge in [-0.25, -0.2) is 4.79 Å². The minimum absolute atomic E-state index is 0.296. The average Bonchev–Trinajstić information content (AvgIpc) is 2.54. The summed E-state index contributed by atoms with van der Waals surface area (Å²) in [6.07, 6.45) is 5.28. The van der Waals surface area contributed by atoms with E-state index in [9.17, 15) is 9.90 Å². The molecule has 116 valence electrons. The van der Waals surface area contributed by atoms with Crippen molar-refractivity contribution < 1.29 is 14.6 Å². The zero-order chi connectivity index (χ0) is 15.1. The second-order valence-corrected chi connectivity index (χ2v) is 5.53. The van der Waals surface area contributed by atoms with Gasteiger partial charge in [-0.05, 0) is 43.0 Å². The fourth-order valence-corrected chi connectivity index (χ4v) is 2.73. The van der Waals surface area contributed by atoms with Gasteiger partial charge in [0, 0.05) is 12.2 Å². The normalized spacial score (nSPS) is 17.0. The Bertz CT molecular complexity index is 441. The second kappa shape index (κ2) is 7.88. The lowest BCUT2D eigenvalue weighted by molar-refractivity contribution is 0.0863. The van der Waals surface area contributed by atoms with E-state index in [-0.39, 0.29) is 6.03 Å². The monoisotopic (exact) mass is 292 g/mol. The van der Waals surface area contributed by atoms with Crippen LogP contribution in [-0.2, 0) is 0 Å². The predicted molar refractivity (Wildman–Crippen MR) is 82.6 cm³/mol. The average molecular weight is 292 g/mol. The number of nitrogens with one attached hydrogen (secondary N) is 2. The molecule has 0 spiro atoms. The van der Waals surface area contributed by atoms with Gasteiger partial charge in [0.2, 0.25) is 0 Å². The largest absolute Gasteiger partial charge is 0.497 e. The van der Waals surface area contributed by atoms with Gasteiger partial charge in [0.1, 0.15) is 5.75 Å². The Balaban J connectivity index is 1.73. The van der Waals surface area contributed by atoms with E-state index in [1.807, 2.05) is 0 Å². The first-order chi connectivity index (χ1) is 10.2. The van der Waals surface area contributed by atoms with Crippen molar-refractivity contribution in [3.63, 3.8) is 0 Å². The maximum atomic E-state index is 11.8. The van der Waals surface area contributed by atoms with Gasteiger partial charge in [0.15, 0.2) is 0 Å². The van der Waals surface area contributed by atoms with Gasteiger partial charge in [-0.2, -0.15) is 0 Å². The molecule has 1 aromatic carbocycles. The molecule has 3 N–H and O–H groups in total. The minimum atomic E-state index is -0.452. The van der Waals surface area contributed by atoms with Gasteiger partial charge >= 0.3 is 6.03 Å².